The third kappa shape index (κ3) is 10.0. The molecule has 1 aliphatic rings. The Morgan fingerprint density at radius 1 is 0.852 bits per heavy atom. The molecule has 326 valence electrons. The molecule has 5 aromatic rings. The molecule has 2 aromatic heterocycles. The molecule has 0 bridgehead atoms. The normalized spacial score (nSPS) is 19.2. The minimum Gasteiger partial charge on any atom is -0.497 e. The van der Waals surface area contributed by atoms with E-state index in [1.165, 1.54) is 6.33 Å². The summed E-state index contributed by atoms with van der Waals surface area (Å²) in [4.78, 5) is 13.5. The van der Waals surface area contributed by atoms with Gasteiger partial charge in [0.05, 0.1) is 52.4 Å². The average molecular weight is 869 g/mol. The number of hydrogen-bond donors (Lipinski definition) is 0. The van der Waals surface area contributed by atoms with Gasteiger partial charge in [0.2, 0.25) is 0 Å². The summed E-state index contributed by atoms with van der Waals surface area (Å²) in [5, 5.41) is 9.40. The second-order valence-electron chi connectivity index (χ2n) is 17.2. The molecule has 0 aliphatic carbocycles. The Bertz CT molecular complexity index is 2140. The molecular weight excluding hydrogens is 808 g/mol. The number of fused-ring (bicyclic) bond motifs is 1. The van der Waals surface area contributed by atoms with Crippen LogP contribution in [0.5, 0.6) is 11.5 Å². The van der Waals surface area contributed by atoms with Gasteiger partial charge in [-0.15, -0.1) is 0 Å². The summed E-state index contributed by atoms with van der Waals surface area (Å²) in [5.41, 5.74) is 2.79. The topological polar surface area (TPSA) is 135 Å². The average Bonchev–Trinajstić information content (AvgIpc) is 3.81. The van der Waals surface area contributed by atoms with Crippen molar-refractivity contribution in [2.24, 2.45) is 0 Å². The minimum atomic E-state index is -2.53. The summed E-state index contributed by atoms with van der Waals surface area (Å²) in [5.74, 6) is 1.45. The zero-order valence-corrected chi connectivity index (χ0v) is 39.2. The fourth-order valence-electron chi connectivity index (χ4n) is 7.49. The van der Waals surface area contributed by atoms with Gasteiger partial charge < -0.3 is 32.4 Å². The van der Waals surface area contributed by atoms with Gasteiger partial charge in [-0.1, -0.05) is 75.4 Å². The quantitative estimate of drug-likeness (QED) is 0.0338. The van der Waals surface area contributed by atoms with Crippen molar-refractivity contribution in [2.45, 2.75) is 115 Å². The van der Waals surface area contributed by atoms with E-state index < -0.39 is 47.0 Å². The number of rotatable bonds is 19. The summed E-state index contributed by atoms with van der Waals surface area (Å²) >= 11 is 0. The van der Waals surface area contributed by atoms with Gasteiger partial charge in [-0.05, 0) is 86.8 Å². The number of imidazole rings is 1. The van der Waals surface area contributed by atoms with Crippen LogP contribution in [0.2, 0.25) is 18.1 Å². The van der Waals surface area contributed by atoms with Crippen molar-refractivity contribution in [3.05, 3.63) is 114 Å². The first-order valence-electron chi connectivity index (χ1n) is 20.8. The van der Waals surface area contributed by atoms with E-state index in [0.717, 1.165) is 28.2 Å². The van der Waals surface area contributed by atoms with Crippen molar-refractivity contribution < 1.29 is 32.4 Å². The van der Waals surface area contributed by atoms with Crippen LogP contribution in [-0.2, 0) is 28.5 Å². The van der Waals surface area contributed by atoms with Crippen LogP contribution in [-0.4, -0.2) is 90.3 Å². The molecule has 1 aliphatic heterocycles. The van der Waals surface area contributed by atoms with Gasteiger partial charge in [-0.3, -0.25) is 4.57 Å². The van der Waals surface area contributed by atoms with E-state index in [2.05, 4.69) is 99.4 Å². The Morgan fingerprint density at radius 3 is 1.98 bits per heavy atom. The predicted octanol–water partition coefficient (Wildman–Crippen LogP) is 9.80. The lowest BCUT2D eigenvalue weighted by molar-refractivity contribution is -0.0926. The zero-order valence-electron chi connectivity index (χ0n) is 37.3. The number of nitriles is 1. The van der Waals surface area contributed by atoms with Crippen LogP contribution in [0.15, 0.2) is 97.7 Å². The molecule has 5 unspecified atom stereocenters. The van der Waals surface area contributed by atoms with Crippen molar-refractivity contribution in [1.82, 2.24) is 24.2 Å². The third-order valence-corrected chi connectivity index (χ3v) is 18.1. The Labute approximate surface area is 363 Å². The Hall–Kier alpha value is -4.29. The van der Waals surface area contributed by atoms with Crippen LogP contribution < -0.4 is 9.47 Å². The van der Waals surface area contributed by atoms with Crippen molar-refractivity contribution >= 4 is 28.0 Å². The molecule has 3 heterocycles. The maximum atomic E-state index is 9.56. The maximum absolute atomic E-state index is 9.56. The molecule has 0 N–H and O–H groups in total. The highest BCUT2D eigenvalue weighted by Crippen LogP contribution is 2.53. The third-order valence-electron chi connectivity index (χ3n) is 11.5. The molecule has 0 radical (unpaired) electrons. The maximum Gasteiger partial charge on any atom is 0.259 e. The zero-order chi connectivity index (χ0) is 44.0. The van der Waals surface area contributed by atoms with E-state index in [9.17, 15) is 5.26 Å². The lowest BCUT2D eigenvalue weighted by atomic mass is 9.80. The van der Waals surface area contributed by atoms with Crippen molar-refractivity contribution in [2.75, 3.05) is 27.4 Å². The Morgan fingerprint density at radius 2 is 1.44 bits per heavy atom. The first-order chi connectivity index (χ1) is 29.1. The van der Waals surface area contributed by atoms with Gasteiger partial charge >= 0.3 is 0 Å². The van der Waals surface area contributed by atoms with Gasteiger partial charge in [-0.25, -0.2) is 19.6 Å². The molecule has 5 atom stereocenters. The summed E-state index contributed by atoms with van der Waals surface area (Å²) < 4.78 is 51.5. The lowest BCUT2D eigenvalue weighted by Gasteiger charge is -2.42. The smallest absolute Gasteiger partial charge is 0.259 e. The molecule has 15 heteroatoms. The first-order valence-corrected chi connectivity index (χ1v) is 24.9. The molecular formula is C46H61N6O7PSi. The summed E-state index contributed by atoms with van der Waals surface area (Å²) in [6.45, 7) is 19.9. The second-order valence-corrected chi connectivity index (χ2v) is 23.4. The summed E-state index contributed by atoms with van der Waals surface area (Å²) in [6, 6.07) is 28.5. The Kier molecular flexibility index (Phi) is 15.0. The van der Waals surface area contributed by atoms with Crippen molar-refractivity contribution in [3.8, 4) is 17.6 Å². The van der Waals surface area contributed by atoms with E-state index in [0.29, 0.717) is 11.2 Å². The van der Waals surface area contributed by atoms with Gasteiger partial charge in [-0.2, -0.15) is 5.26 Å². The molecule has 61 heavy (non-hydrogen) atoms. The molecule has 3 aromatic carbocycles. The van der Waals surface area contributed by atoms with Crippen LogP contribution in [0.25, 0.3) is 11.2 Å². The van der Waals surface area contributed by atoms with E-state index >= 15 is 0 Å². The lowest BCUT2D eigenvalue weighted by Crippen LogP contribution is -2.50. The highest BCUT2D eigenvalue weighted by atomic mass is 31.2. The second kappa shape index (κ2) is 19.8. The fourth-order valence-corrected chi connectivity index (χ4v) is 10.5. The first kappa shape index (κ1) is 46.2. The van der Waals surface area contributed by atoms with Gasteiger partial charge in [0.1, 0.15) is 47.3 Å². The molecule has 0 amide bonds. The van der Waals surface area contributed by atoms with Crippen molar-refractivity contribution in [1.29, 1.82) is 5.26 Å². The molecule has 1 saturated heterocycles. The number of nitrogens with zero attached hydrogens (tertiary/aromatic N) is 6. The van der Waals surface area contributed by atoms with Gasteiger partial charge in [0.15, 0.2) is 20.2 Å². The van der Waals surface area contributed by atoms with Crippen LogP contribution in [0.3, 0.4) is 0 Å². The monoisotopic (exact) mass is 868 g/mol. The predicted molar refractivity (Wildman–Crippen MR) is 240 cm³/mol. The van der Waals surface area contributed by atoms with Gasteiger partial charge in [0.25, 0.3) is 8.53 Å². The standard InChI is InChI=1S/C46H61N6O7PSi/c1-32(2)52(33(3)4)60(56-27-15-26-47)58-41-40(57-44(42(41)59-61(10,11)45(5,6)7)51-31-50-39-28-48-30-49-43(39)51)29-55-46(34-16-13-12-14-17-34,35-18-22-37(53-8)23-19-35)36-20-24-38(54-9)25-21-36/h12-14,16-25,28,30-33,40-42,44H,15,27,29H2,1-11H3. The summed E-state index contributed by atoms with van der Waals surface area (Å²) in [7, 11) is -0.958. The fraction of sp³-hybridized carbons (Fsp3) is 0.478. The number of hydrogen-bond acceptors (Lipinski definition) is 12. The van der Waals surface area contributed by atoms with Crippen LogP contribution in [0.4, 0.5) is 0 Å². The highest BCUT2D eigenvalue weighted by molar-refractivity contribution is 7.44. The highest BCUT2D eigenvalue weighted by Gasteiger charge is 2.54. The van der Waals surface area contributed by atoms with Crippen molar-refractivity contribution in [3.63, 3.8) is 0 Å². The van der Waals surface area contributed by atoms with Crippen LogP contribution in [0.1, 0.15) is 77.8 Å². The molecule has 0 spiro atoms. The molecule has 13 nitrogen and oxygen atoms in total. The Balaban J connectivity index is 1.54. The SMILES string of the molecule is COc1ccc(C(OCC2OC(n3cnc4cncnc43)C(O[Si](C)(C)C(C)(C)C)C2OP(OCCC#N)N(C(C)C)C(C)C)(c2ccccc2)c2ccc(OC)cc2)cc1. The van der Waals surface area contributed by atoms with E-state index in [1.54, 1.807) is 26.7 Å². The van der Waals surface area contributed by atoms with E-state index in [4.69, 9.17) is 32.4 Å². The number of methoxy groups -OCH3 is 2. The number of benzene rings is 3. The molecule has 0 saturated carbocycles. The van der Waals surface area contributed by atoms with E-state index in [1.807, 2.05) is 71.3 Å². The van der Waals surface area contributed by atoms with Crippen LogP contribution >= 0.6 is 8.53 Å². The van der Waals surface area contributed by atoms with Gasteiger partial charge in [0, 0.05) is 12.1 Å². The minimum absolute atomic E-state index is 0.0611. The largest absolute Gasteiger partial charge is 0.497 e. The number of aromatic nitrogens is 4. The van der Waals surface area contributed by atoms with E-state index in [-0.39, 0.29) is 36.8 Å². The summed E-state index contributed by atoms with van der Waals surface area (Å²) in [6.07, 6.45) is 2.36. The number of ether oxygens (including phenoxy) is 4. The molecule has 1 fully saturated rings. The molecule has 6 rings (SSSR count). The van der Waals surface area contributed by atoms with Crippen LogP contribution in [0, 0.1) is 11.3 Å².